The van der Waals surface area contributed by atoms with Gasteiger partial charge in [0.2, 0.25) is 0 Å². The second-order valence-corrected chi connectivity index (χ2v) is 8.20. The molecule has 34 heavy (non-hydrogen) atoms. The number of carbonyl (C=O) groups is 2. The van der Waals surface area contributed by atoms with Gasteiger partial charge in [-0.05, 0) is 66.4 Å². The van der Waals surface area contributed by atoms with Crippen molar-refractivity contribution in [2.75, 3.05) is 14.2 Å². The Hall–Kier alpha value is -4.13. The molecule has 0 spiro atoms. The molecule has 7 heteroatoms. The van der Waals surface area contributed by atoms with Crippen LogP contribution in [-0.2, 0) is 16.1 Å². The van der Waals surface area contributed by atoms with E-state index in [0.29, 0.717) is 22.6 Å². The third kappa shape index (κ3) is 4.12. The highest BCUT2D eigenvalue weighted by atomic mass is 16.5. The maximum atomic E-state index is 13.3. The Morgan fingerprint density at radius 3 is 2.38 bits per heavy atom. The lowest BCUT2D eigenvalue weighted by Gasteiger charge is -2.25. The van der Waals surface area contributed by atoms with Crippen molar-refractivity contribution in [2.45, 2.75) is 26.4 Å². The summed E-state index contributed by atoms with van der Waals surface area (Å²) < 4.78 is 10.6. The number of nitrogens with zero attached hydrogens (tertiary/aromatic N) is 2. The second kappa shape index (κ2) is 9.39. The van der Waals surface area contributed by atoms with E-state index in [1.165, 1.54) is 4.90 Å². The largest absolute Gasteiger partial charge is 0.507 e. The van der Waals surface area contributed by atoms with Gasteiger partial charge >= 0.3 is 0 Å². The van der Waals surface area contributed by atoms with E-state index in [9.17, 15) is 14.7 Å². The third-order valence-corrected chi connectivity index (χ3v) is 6.05. The number of hydrogen-bond acceptors (Lipinski definition) is 6. The van der Waals surface area contributed by atoms with Crippen molar-refractivity contribution >= 4 is 17.4 Å². The van der Waals surface area contributed by atoms with Crippen LogP contribution in [0, 0.1) is 13.8 Å². The Bertz CT molecular complexity index is 1270. The fourth-order valence-corrected chi connectivity index (χ4v) is 4.26. The molecule has 4 rings (SSSR count). The van der Waals surface area contributed by atoms with Crippen molar-refractivity contribution in [3.8, 4) is 11.5 Å². The summed E-state index contributed by atoms with van der Waals surface area (Å²) in [6.45, 7) is 3.87. The number of aryl methyl sites for hydroxylation is 2. The Balaban J connectivity index is 1.85. The van der Waals surface area contributed by atoms with E-state index < -0.39 is 17.7 Å². The van der Waals surface area contributed by atoms with Gasteiger partial charge in [0.05, 0.1) is 25.8 Å². The maximum Gasteiger partial charge on any atom is 0.295 e. The van der Waals surface area contributed by atoms with Gasteiger partial charge in [-0.3, -0.25) is 14.6 Å². The number of pyridine rings is 1. The molecular formula is C27H26N2O5. The van der Waals surface area contributed by atoms with Crippen molar-refractivity contribution in [2.24, 2.45) is 0 Å². The molecule has 0 bridgehead atoms. The van der Waals surface area contributed by atoms with Crippen LogP contribution in [0.15, 0.2) is 66.5 Å². The molecule has 1 aliphatic rings. The summed E-state index contributed by atoms with van der Waals surface area (Å²) in [5.41, 5.74) is 3.52. The maximum absolute atomic E-state index is 13.3. The first-order valence-corrected chi connectivity index (χ1v) is 10.8. The minimum absolute atomic E-state index is 0.0409. The van der Waals surface area contributed by atoms with Gasteiger partial charge in [-0.15, -0.1) is 0 Å². The predicted molar refractivity (Wildman–Crippen MR) is 128 cm³/mol. The molecule has 1 amide bonds. The molecule has 0 aliphatic carbocycles. The monoisotopic (exact) mass is 458 g/mol. The molecular weight excluding hydrogens is 432 g/mol. The Kier molecular flexibility index (Phi) is 6.36. The molecule has 0 radical (unpaired) electrons. The highest BCUT2D eigenvalue weighted by molar-refractivity contribution is 6.46. The van der Waals surface area contributed by atoms with E-state index in [-0.39, 0.29) is 17.9 Å². The van der Waals surface area contributed by atoms with E-state index in [1.807, 2.05) is 26.0 Å². The van der Waals surface area contributed by atoms with Crippen LogP contribution in [0.3, 0.4) is 0 Å². The normalized spacial score (nSPS) is 17.2. The minimum Gasteiger partial charge on any atom is -0.507 e. The summed E-state index contributed by atoms with van der Waals surface area (Å²) in [5, 5.41) is 11.4. The zero-order valence-electron chi connectivity index (χ0n) is 19.5. The van der Waals surface area contributed by atoms with Crippen LogP contribution in [0.5, 0.6) is 11.5 Å². The summed E-state index contributed by atoms with van der Waals surface area (Å²) in [6, 6.07) is 13.6. The van der Waals surface area contributed by atoms with E-state index >= 15 is 0 Å². The number of benzene rings is 2. The zero-order valence-corrected chi connectivity index (χ0v) is 19.5. The first kappa shape index (κ1) is 23.0. The van der Waals surface area contributed by atoms with Crippen molar-refractivity contribution in [1.82, 2.24) is 9.88 Å². The van der Waals surface area contributed by atoms with Crippen LogP contribution >= 0.6 is 0 Å². The number of likely N-dealkylation sites (tertiary alicyclic amines) is 1. The molecule has 2 aromatic carbocycles. The Morgan fingerprint density at radius 2 is 1.76 bits per heavy atom. The average Bonchev–Trinajstić information content (AvgIpc) is 3.10. The molecule has 2 heterocycles. The Labute approximate surface area is 198 Å². The summed E-state index contributed by atoms with van der Waals surface area (Å²) in [7, 11) is 3.16. The standard InChI is InChI=1S/C27H26N2O5/c1-16-13-22(34-4)17(2)12-21(16)25(30)23-24(19-6-5-11-28-14-19)29(27(32)26(23)31)15-18-7-9-20(33-3)10-8-18/h5-14,24,30H,15H2,1-4H3/b25-23+. The summed E-state index contributed by atoms with van der Waals surface area (Å²) in [4.78, 5) is 32.1. The topological polar surface area (TPSA) is 89.0 Å². The number of aliphatic hydroxyl groups is 1. The molecule has 1 atom stereocenters. The number of ketones is 1. The molecule has 3 aromatic rings. The van der Waals surface area contributed by atoms with Gasteiger partial charge < -0.3 is 19.5 Å². The highest BCUT2D eigenvalue weighted by Gasteiger charge is 2.46. The van der Waals surface area contributed by atoms with Gasteiger partial charge in [0.1, 0.15) is 17.3 Å². The molecule has 1 aromatic heterocycles. The van der Waals surface area contributed by atoms with E-state index in [2.05, 4.69) is 4.98 Å². The van der Waals surface area contributed by atoms with Gasteiger partial charge in [0.25, 0.3) is 11.7 Å². The molecule has 174 valence electrons. The summed E-state index contributed by atoms with van der Waals surface area (Å²) in [5.74, 6) is -0.243. The fraction of sp³-hybridized carbons (Fsp3) is 0.222. The van der Waals surface area contributed by atoms with Crippen LogP contribution in [0.1, 0.15) is 33.9 Å². The molecule has 1 saturated heterocycles. The van der Waals surface area contributed by atoms with Crippen molar-refractivity contribution < 1.29 is 24.2 Å². The Morgan fingerprint density at radius 1 is 1.03 bits per heavy atom. The highest BCUT2D eigenvalue weighted by Crippen LogP contribution is 2.41. The van der Waals surface area contributed by atoms with Gasteiger partial charge in [-0.1, -0.05) is 18.2 Å². The summed E-state index contributed by atoms with van der Waals surface area (Å²) in [6.07, 6.45) is 3.23. The quantitative estimate of drug-likeness (QED) is 0.336. The number of aliphatic hydroxyl groups excluding tert-OH is 1. The molecule has 0 saturated carbocycles. The van der Waals surface area contributed by atoms with E-state index in [4.69, 9.17) is 9.47 Å². The van der Waals surface area contributed by atoms with Crippen LogP contribution < -0.4 is 9.47 Å². The van der Waals surface area contributed by atoms with Crippen molar-refractivity contribution in [3.63, 3.8) is 0 Å². The first-order chi connectivity index (χ1) is 16.3. The van der Waals surface area contributed by atoms with Crippen LogP contribution in [-0.4, -0.2) is 40.9 Å². The SMILES string of the molecule is COc1ccc(CN2C(=O)C(=O)/C(=C(/O)c3cc(C)c(OC)cc3C)C2c2cccnc2)cc1. The second-order valence-electron chi connectivity index (χ2n) is 8.20. The summed E-state index contributed by atoms with van der Waals surface area (Å²) >= 11 is 0. The minimum atomic E-state index is -0.780. The number of Topliss-reactive ketones (excluding diaryl/α,β-unsaturated/α-hetero) is 1. The molecule has 1 N–H and O–H groups in total. The molecule has 1 unspecified atom stereocenters. The van der Waals surface area contributed by atoms with Crippen molar-refractivity contribution in [1.29, 1.82) is 0 Å². The van der Waals surface area contributed by atoms with E-state index in [1.54, 1.807) is 63.0 Å². The smallest absolute Gasteiger partial charge is 0.295 e. The van der Waals surface area contributed by atoms with E-state index in [0.717, 1.165) is 16.7 Å². The number of methoxy groups -OCH3 is 2. The average molecular weight is 459 g/mol. The van der Waals surface area contributed by atoms with Gasteiger partial charge in [0.15, 0.2) is 0 Å². The fourth-order valence-electron chi connectivity index (χ4n) is 4.26. The van der Waals surface area contributed by atoms with Crippen LogP contribution in [0.4, 0.5) is 0 Å². The number of amides is 1. The third-order valence-electron chi connectivity index (χ3n) is 6.05. The van der Waals surface area contributed by atoms with Gasteiger partial charge in [0, 0.05) is 24.5 Å². The lowest BCUT2D eigenvalue weighted by molar-refractivity contribution is -0.140. The van der Waals surface area contributed by atoms with Gasteiger partial charge in [-0.2, -0.15) is 0 Å². The molecule has 1 aliphatic heterocycles. The van der Waals surface area contributed by atoms with Gasteiger partial charge in [-0.25, -0.2) is 0 Å². The number of aromatic nitrogens is 1. The van der Waals surface area contributed by atoms with Crippen molar-refractivity contribution in [3.05, 3.63) is 94.3 Å². The molecule has 1 fully saturated rings. The number of rotatable bonds is 6. The number of ether oxygens (including phenoxy) is 2. The first-order valence-electron chi connectivity index (χ1n) is 10.8. The lowest BCUT2D eigenvalue weighted by atomic mass is 9.93. The van der Waals surface area contributed by atoms with Crippen LogP contribution in [0.2, 0.25) is 0 Å². The lowest BCUT2D eigenvalue weighted by Crippen LogP contribution is -2.29. The predicted octanol–water partition coefficient (Wildman–Crippen LogP) is 4.34. The molecule has 7 nitrogen and oxygen atoms in total. The zero-order chi connectivity index (χ0) is 24.4. The van der Waals surface area contributed by atoms with Crippen LogP contribution in [0.25, 0.3) is 5.76 Å². The number of carbonyl (C=O) groups excluding carboxylic acids is 2. The number of hydrogen-bond donors (Lipinski definition) is 1.